The molecule has 3 aromatic heterocycles. The number of carbonyl (C=O) groups is 1. The summed E-state index contributed by atoms with van der Waals surface area (Å²) in [6, 6.07) is 13.2. The van der Waals surface area contributed by atoms with Crippen LogP contribution in [0.2, 0.25) is 0 Å². The van der Waals surface area contributed by atoms with Crippen LogP contribution in [0, 0.1) is 5.41 Å². The molecule has 1 aliphatic rings. The lowest BCUT2D eigenvalue weighted by atomic mass is 9.75. The quantitative estimate of drug-likeness (QED) is 0.317. The number of hydrogen-bond donors (Lipinski definition) is 3. The number of pyridine rings is 2. The summed E-state index contributed by atoms with van der Waals surface area (Å²) < 4.78 is 5.99. The minimum Gasteiger partial charge on any atom is -0.481 e. The van der Waals surface area contributed by atoms with Crippen LogP contribution in [-0.2, 0) is 4.79 Å². The molecule has 1 aliphatic carbocycles. The molecule has 0 spiro atoms. The summed E-state index contributed by atoms with van der Waals surface area (Å²) in [4.78, 5) is 28.3. The van der Waals surface area contributed by atoms with Gasteiger partial charge in [0.15, 0.2) is 0 Å². The van der Waals surface area contributed by atoms with Gasteiger partial charge in [-0.25, -0.2) is 9.97 Å². The first kappa shape index (κ1) is 24.2. The fraction of sp³-hybridized carbons (Fsp3) is 0.333. The van der Waals surface area contributed by atoms with Crippen molar-refractivity contribution in [2.24, 2.45) is 5.41 Å². The SMILES string of the molecule is CC.CC1(C(=O)O)CCC(Oc2ccc(-c3ccc(-c4nc5ccc(N)cc5[nH]4)cn3)cn2)CC1. The van der Waals surface area contributed by atoms with E-state index in [0.717, 1.165) is 33.7 Å². The number of ether oxygens (including phenoxy) is 1. The van der Waals surface area contributed by atoms with Crippen molar-refractivity contribution >= 4 is 22.7 Å². The first-order chi connectivity index (χ1) is 16.9. The fourth-order valence-electron chi connectivity index (χ4n) is 4.20. The highest BCUT2D eigenvalue weighted by molar-refractivity contribution is 5.82. The molecular formula is C27H31N5O3. The van der Waals surface area contributed by atoms with E-state index in [9.17, 15) is 9.90 Å². The Morgan fingerprint density at radius 2 is 1.77 bits per heavy atom. The number of nitrogen functional groups attached to an aromatic ring is 1. The number of benzene rings is 1. The number of aromatic amines is 1. The first-order valence-electron chi connectivity index (χ1n) is 12.0. The van der Waals surface area contributed by atoms with E-state index < -0.39 is 11.4 Å². The number of anilines is 1. The molecule has 1 saturated carbocycles. The average Bonchev–Trinajstić information content (AvgIpc) is 3.30. The van der Waals surface area contributed by atoms with Gasteiger partial charge in [-0.2, -0.15) is 0 Å². The zero-order valence-corrected chi connectivity index (χ0v) is 20.3. The van der Waals surface area contributed by atoms with Crippen LogP contribution in [0.15, 0.2) is 54.9 Å². The Morgan fingerprint density at radius 3 is 2.40 bits per heavy atom. The van der Waals surface area contributed by atoms with Gasteiger partial charge in [0.05, 0.1) is 22.1 Å². The second-order valence-electron chi connectivity index (χ2n) is 8.86. The molecule has 4 aromatic rings. The van der Waals surface area contributed by atoms with Gasteiger partial charge in [-0.1, -0.05) is 13.8 Å². The van der Waals surface area contributed by atoms with Gasteiger partial charge in [-0.15, -0.1) is 0 Å². The normalized spacial score (nSPS) is 19.6. The van der Waals surface area contributed by atoms with Gasteiger partial charge in [0.1, 0.15) is 11.9 Å². The van der Waals surface area contributed by atoms with E-state index in [1.54, 1.807) is 19.3 Å². The predicted octanol–water partition coefficient (Wildman–Crippen LogP) is 5.71. The summed E-state index contributed by atoms with van der Waals surface area (Å²) in [6.45, 7) is 5.81. The summed E-state index contributed by atoms with van der Waals surface area (Å²) >= 11 is 0. The van der Waals surface area contributed by atoms with Gasteiger partial charge in [-0.05, 0) is 69.0 Å². The van der Waals surface area contributed by atoms with Crippen molar-refractivity contribution in [3.8, 4) is 28.5 Å². The Kier molecular flexibility index (Phi) is 7.00. The highest BCUT2D eigenvalue weighted by Crippen LogP contribution is 2.37. The Balaban J connectivity index is 0.00000141. The van der Waals surface area contributed by atoms with Crippen molar-refractivity contribution in [1.29, 1.82) is 0 Å². The highest BCUT2D eigenvalue weighted by Gasteiger charge is 2.38. The third-order valence-electron chi connectivity index (χ3n) is 6.41. The van der Waals surface area contributed by atoms with Crippen molar-refractivity contribution in [3.05, 3.63) is 54.9 Å². The summed E-state index contributed by atoms with van der Waals surface area (Å²) in [5.41, 5.74) is 10.2. The molecule has 1 aromatic carbocycles. The van der Waals surface area contributed by atoms with Gasteiger partial charge < -0.3 is 20.6 Å². The van der Waals surface area contributed by atoms with Gasteiger partial charge >= 0.3 is 5.97 Å². The molecule has 0 unspecified atom stereocenters. The maximum absolute atomic E-state index is 11.4. The maximum atomic E-state index is 11.4. The van der Waals surface area contributed by atoms with Crippen LogP contribution in [0.1, 0.15) is 46.5 Å². The molecule has 0 bridgehead atoms. The number of aliphatic carboxylic acids is 1. The largest absolute Gasteiger partial charge is 0.481 e. The van der Waals surface area contributed by atoms with Gasteiger partial charge in [0.25, 0.3) is 0 Å². The Labute approximate surface area is 204 Å². The number of H-pyrrole nitrogens is 1. The summed E-state index contributed by atoms with van der Waals surface area (Å²) in [5, 5.41) is 9.37. The van der Waals surface area contributed by atoms with Crippen molar-refractivity contribution in [3.63, 3.8) is 0 Å². The third-order valence-corrected chi connectivity index (χ3v) is 6.41. The van der Waals surface area contributed by atoms with Crippen LogP contribution in [0.3, 0.4) is 0 Å². The molecule has 5 rings (SSSR count). The molecule has 8 nitrogen and oxygen atoms in total. The van der Waals surface area contributed by atoms with Gasteiger partial charge in [0, 0.05) is 35.3 Å². The Morgan fingerprint density at radius 1 is 1.06 bits per heavy atom. The van der Waals surface area contributed by atoms with Crippen molar-refractivity contribution in [1.82, 2.24) is 19.9 Å². The number of nitrogens with one attached hydrogen (secondary N) is 1. The van der Waals surface area contributed by atoms with Crippen LogP contribution in [-0.4, -0.2) is 37.1 Å². The Hall–Kier alpha value is -3.94. The zero-order valence-electron chi connectivity index (χ0n) is 20.3. The molecule has 1 fully saturated rings. The summed E-state index contributed by atoms with van der Waals surface area (Å²) in [7, 11) is 0. The standard InChI is InChI=1S/C25H25N5O3.C2H6/c1-25(24(31)32)10-8-18(9-11-25)33-22-7-3-15(13-28-22)19-5-2-16(14-27-19)23-29-20-6-4-17(26)12-21(20)30-23;1-2/h2-7,12-14,18H,8-11,26H2,1H3,(H,29,30)(H,31,32);1-2H3. The van der Waals surface area contributed by atoms with Crippen LogP contribution in [0.5, 0.6) is 5.88 Å². The number of imidazole rings is 1. The molecule has 182 valence electrons. The fourth-order valence-corrected chi connectivity index (χ4v) is 4.20. The molecule has 0 radical (unpaired) electrons. The summed E-state index contributed by atoms with van der Waals surface area (Å²) in [6.07, 6.45) is 6.16. The number of carboxylic acids is 1. The average molecular weight is 474 g/mol. The molecule has 4 N–H and O–H groups in total. The molecule has 0 atom stereocenters. The van der Waals surface area contributed by atoms with Crippen LogP contribution in [0.4, 0.5) is 5.69 Å². The lowest BCUT2D eigenvalue weighted by Crippen LogP contribution is -2.36. The topological polar surface area (TPSA) is 127 Å². The van der Waals surface area contributed by atoms with E-state index in [-0.39, 0.29) is 6.10 Å². The van der Waals surface area contributed by atoms with Crippen molar-refractivity contribution in [2.75, 3.05) is 5.73 Å². The number of rotatable bonds is 5. The zero-order chi connectivity index (χ0) is 25.0. The van der Waals surface area contributed by atoms with Crippen LogP contribution >= 0.6 is 0 Å². The number of aromatic nitrogens is 4. The molecule has 0 amide bonds. The predicted molar refractivity (Wildman–Crippen MR) is 137 cm³/mol. The highest BCUT2D eigenvalue weighted by atomic mass is 16.5. The second-order valence-corrected chi connectivity index (χ2v) is 8.86. The third kappa shape index (κ3) is 5.26. The van der Waals surface area contributed by atoms with E-state index >= 15 is 0 Å². The van der Waals surface area contributed by atoms with Crippen molar-refractivity contribution in [2.45, 2.75) is 52.6 Å². The van der Waals surface area contributed by atoms with Gasteiger partial charge in [-0.3, -0.25) is 9.78 Å². The molecule has 0 saturated heterocycles. The monoisotopic (exact) mass is 473 g/mol. The smallest absolute Gasteiger partial charge is 0.309 e. The number of nitrogens with zero attached hydrogens (tertiary/aromatic N) is 3. The number of nitrogens with two attached hydrogens (primary N) is 1. The molecule has 35 heavy (non-hydrogen) atoms. The molecule has 8 heteroatoms. The Bertz CT molecular complexity index is 1290. The minimum atomic E-state index is -0.730. The van der Waals surface area contributed by atoms with E-state index in [0.29, 0.717) is 37.3 Å². The molecule has 3 heterocycles. The van der Waals surface area contributed by atoms with Crippen molar-refractivity contribution < 1.29 is 14.6 Å². The summed E-state index contributed by atoms with van der Waals surface area (Å²) in [5.74, 6) is 0.552. The van der Waals surface area contributed by atoms with E-state index in [2.05, 4.69) is 19.9 Å². The number of hydrogen-bond acceptors (Lipinski definition) is 6. The lowest BCUT2D eigenvalue weighted by Gasteiger charge is -2.33. The van der Waals surface area contributed by atoms with E-state index in [4.69, 9.17) is 10.5 Å². The van der Waals surface area contributed by atoms with Gasteiger partial charge in [0.2, 0.25) is 5.88 Å². The number of carboxylic acid groups (broad SMARTS) is 1. The van der Waals surface area contributed by atoms with Crippen LogP contribution in [0.25, 0.3) is 33.7 Å². The lowest BCUT2D eigenvalue weighted by molar-refractivity contribution is -0.150. The van der Waals surface area contributed by atoms with Crippen LogP contribution < -0.4 is 10.5 Å². The van der Waals surface area contributed by atoms with E-state index in [1.807, 2.05) is 56.3 Å². The maximum Gasteiger partial charge on any atom is 0.309 e. The molecule has 0 aliphatic heterocycles. The second kappa shape index (κ2) is 10.1. The minimum absolute atomic E-state index is 0.00709. The molecular weight excluding hydrogens is 442 g/mol. The number of fused-ring (bicyclic) bond motifs is 1. The first-order valence-corrected chi connectivity index (χ1v) is 12.0. The van der Waals surface area contributed by atoms with E-state index in [1.165, 1.54) is 0 Å².